The van der Waals surface area contributed by atoms with E-state index in [-0.39, 0.29) is 41.8 Å². The Labute approximate surface area is 263 Å². The number of carbonyl (C=O) groups is 1. The minimum absolute atomic E-state index is 0.00184. The summed E-state index contributed by atoms with van der Waals surface area (Å²) in [5, 5.41) is 14.3. The summed E-state index contributed by atoms with van der Waals surface area (Å²) < 4.78 is 65.6. The van der Waals surface area contributed by atoms with E-state index in [1.165, 1.54) is 40.9 Å². The van der Waals surface area contributed by atoms with Gasteiger partial charge in [-0.3, -0.25) is 9.78 Å². The van der Waals surface area contributed by atoms with Crippen molar-refractivity contribution in [2.45, 2.75) is 50.0 Å². The lowest BCUT2D eigenvalue weighted by molar-refractivity contribution is -0.125. The molecule has 240 valence electrons. The summed E-state index contributed by atoms with van der Waals surface area (Å²) in [6.07, 6.45) is 0.375. The van der Waals surface area contributed by atoms with Crippen molar-refractivity contribution in [2.75, 3.05) is 32.1 Å². The number of sulfone groups is 1. The number of fused-ring (bicyclic) bond motifs is 1. The third kappa shape index (κ3) is 9.24. The molecule has 2 N–H and O–H groups in total. The number of rotatable bonds is 15. The zero-order valence-electron chi connectivity index (χ0n) is 25.0. The van der Waals surface area contributed by atoms with Crippen LogP contribution in [0.3, 0.4) is 0 Å². The predicted octanol–water partition coefficient (Wildman–Crippen LogP) is 2.90. The Morgan fingerprint density at radius 3 is 2.39 bits per heavy atom. The molecular formula is C30H39N3O8S3. The first-order chi connectivity index (χ1) is 20.8. The van der Waals surface area contributed by atoms with Crippen molar-refractivity contribution in [1.29, 1.82) is 0 Å². The Bertz CT molecular complexity index is 1600. The average Bonchev–Trinajstić information content (AvgIpc) is 3.48. The first-order valence-electron chi connectivity index (χ1n) is 14.3. The number of aliphatic hydroxyl groups excluding tert-OH is 1. The number of carbonyl (C=O) groups excluding carboxylic acids is 1. The summed E-state index contributed by atoms with van der Waals surface area (Å²) in [6, 6.07) is 12.7. The van der Waals surface area contributed by atoms with Gasteiger partial charge in [0.2, 0.25) is 15.9 Å². The predicted molar refractivity (Wildman–Crippen MR) is 168 cm³/mol. The number of aromatic nitrogens is 1. The topological polar surface area (TPSA) is 152 Å². The van der Waals surface area contributed by atoms with Crippen LogP contribution in [0.15, 0.2) is 65.1 Å². The van der Waals surface area contributed by atoms with Crippen LogP contribution in [0.1, 0.15) is 31.2 Å². The Morgan fingerprint density at radius 2 is 1.73 bits per heavy atom. The molecule has 0 radical (unpaired) electrons. The molecule has 0 saturated carbocycles. The van der Waals surface area contributed by atoms with Gasteiger partial charge >= 0.3 is 0 Å². The number of nitrogens with zero attached hydrogens (tertiary/aromatic N) is 2. The molecule has 1 unspecified atom stereocenters. The number of thiazole rings is 1. The van der Waals surface area contributed by atoms with E-state index in [4.69, 9.17) is 9.47 Å². The van der Waals surface area contributed by atoms with Crippen LogP contribution in [0.4, 0.5) is 0 Å². The molecule has 14 heteroatoms. The van der Waals surface area contributed by atoms with Gasteiger partial charge in [0, 0.05) is 36.1 Å². The summed E-state index contributed by atoms with van der Waals surface area (Å²) in [7, 11) is -7.70. The third-order valence-corrected chi connectivity index (χ3v) is 11.5. The van der Waals surface area contributed by atoms with Crippen molar-refractivity contribution in [1.82, 2.24) is 14.6 Å². The van der Waals surface area contributed by atoms with Crippen molar-refractivity contribution in [2.24, 2.45) is 11.8 Å². The molecule has 0 spiro atoms. The second-order valence-corrected chi connectivity index (χ2v) is 16.3. The highest BCUT2D eigenvalue weighted by atomic mass is 32.2. The molecule has 0 bridgehead atoms. The lowest BCUT2D eigenvalue weighted by Crippen LogP contribution is -2.52. The highest BCUT2D eigenvalue weighted by molar-refractivity contribution is 7.90. The summed E-state index contributed by atoms with van der Waals surface area (Å²) >= 11 is 1.23. The van der Waals surface area contributed by atoms with Gasteiger partial charge < -0.3 is 19.9 Å². The lowest BCUT2D eigenvalue weighted by Gasteiger charge is -2.31. The lowest BCUT2D eigenvalue weighted by atomic mass is 10.00. The number of benzene rings is 2. The van der Waals surface area contributed by atoms with E-state index in [1.54, 1.807) is 11.6 Å². The number of amides is 1. The van der Waals surface area contributed by atoms with Crippen LogP contribution in [0.5, 0.6) is 11.5 Å². The number of sulfonamides is 1. The van der Waals surface area contributed by atoms with Crippen LogP contribution in [0.2, 0.25) is 0 Å². The van der Waals surface area contributed by atoms with Crippen molar-refractivity contribution in [3.05, 3.63) is 70.7 Å². The number of aliphatic hydroxyl groups is 1. The van der Waals surface area contributed by atoms with Crippen LogP contribution in [0, 0.1) is 11.8 Å². The highest BCUT2D eigenvalue weighted by Crippen LogP contribution is 2.33. The van der Waals surface area contributed by atoms with Crippen LogP contribution in [-0.2, 0) is 36.8 Å². The first kappa shape index (κ1) is 33.8. The minimum Gasteiger partial charge on any atom is -0.486 e. The Hall–Kier alpha value is -3.04. The molecule has 1 aromatic heterocycles. The third-order valence-electron chi connectivity index (χ3n) is 7.00. The molecular weight excluding hydrogens is 627 g/mol. The standard InChI is InChI=1S/C30H39N3O8S3/c1-21(2)16-33(44(38,39)25-9-10-28-29(14-25)41-12-11-40-28)17-27(34)26(13-23-7-5-4-6-8-23)32-30(35)22(3)18-43(36,37)19-24-15-31-20-42-24/h4-10,14-15,20-22,26-27,34H,11-13,16-19H2,1-3H3,(H,32,35)/t22-,26?,27-/m1/s1. The number of hydrogen-bond acceptors (Lipinski definition) is 10. The Morgan fingerprint density at radius 1 is 1.02 bits per heavy atom. The van der Waals surface area contributed by atoms with Crippen molar-refractivity contribution < 1.29 is 36.2 Å². The maximum absolute atomic E-state index is 13.8. The van der Waals surface area contributed by atoms with Gasteiger partial charge in [-0.2, -0.15) is 4.31 Å². The fourth-order valence-corrected chi connectivity index (χ4v) is 9.24. The summed E-state index contributed by atoms with van der Waals surface area (Å²) in [5.74, 6) is -1.35. The van der Waals surface area contributed by atoms with Gasteiger partial charge in [-0.05, 0) is 30.0 Å². The largest absolute Gasteiger partial charge is 0.486 e. The Kier molecular flexibility index (Phi) is 11.4. The van der Waals surface area contributed by atoms with Gasteiger partial charge in [-0.1, -0.05) is 51.1 Å². The van der Waals surface area contributed by atoms with Crippen molar-refractivity contribution in [3.8, 4) is 11.5 Å². The molecule has 0 aliphatic carbocycles. The molecule has 0 saturated heterocycles. The minimum atomic E-state index is -4.08. The molecule has 11 nitrogen and oxygen atoms in total. The van der Waals surface area contributed by atoms with Gasteiger partial charge in [0.15, 0.2) is 21.3 Å². The van der Waals surface area contributed by atoms with E-state index in [1.807, 2.05) is 44.2 Å². The van der Waals surface area contributed by atoms with Crippen LogP contribution < -0.4 is 14.8 Å². The van der Waals surface area contributed by atoms with Gasteiger partial charge in [0.25, 0.3) is 0 Å². The molecule has 3 aromatic rings. The summed E-state index contributed by atoms with van der Waals surface area (Å²) in [5.41, 5.74) is 2.36. The zero-order chi connectivity index (χ0) is 31.9. The van der Waals surface area contributed by atoms with Crippen LogP contribution in [0.25, 0.3) is 0 Å². The SMILES string of the molecule is CC(C)CN(C[C@@H](O)C(Cc1ccccc1)NC(=O)[C@H](C)CS(=O)(=O)Cc1cncs1)S(=O)(=O)c1ccc2c(c1)OCCO2. The molecule has 44 heavy (non-hydrogen) atoms. The summed E-state index contributed by atoms with van der Waals surface area (Å²) in [6.45, 7) is 5.75. The molecule has 0 fully saturated rings. The van der Waals surface area contributed by atoms with E-state index in [2.05, 4.69) is 10.3 Å². The van der Waals surface area contributed by atoms with Gasteiger partial charge in [-0.15, -0.1) is 11.3 Å². The maximum atomic E-state index is 13.8. The number of ether oxygens (including phenoxy) is 2. The quantitative estimate of drug-likeness (QED) is 0.250. The van der Waals surface area contributed by atoms with E-state index in [0.29, 0.717) is 29.6 Å². The fraction of sp³-hybridized carbons (Fsp3) is 0.467. The van der Waals surface area contributed by atoms with Gasteiger partial charge in [0.1, 0.15) is 13.2 Å². The second kappa shape index (κ2) is 14.8. The molecule has 1 aliphatic rings. The van der Waals surface area contributed by atoms with E-state index in [0.717, 1.165) is 5.56 Å². The number of hydrogen-bond donors (Lipinski definition) is 2. The first-order valence-corrected chi connectivity index (χ1v) is 18.5. The van der Waals surface area contributed by atoms with Gasteiger partial charge in [-0.25, -0.2) is 16.8 Å². The van der Waals surface area contributed by atoms with E-state index in [9.17, 15) is 26.7 Å². The van der Waals surface area contributed by atoms with E-state index < -0.39 is 43.8 Å². The molecule has 1 aliphatic heterocycles. The number of nitrogens with one attached hydrogen (secondary N) is 1. The molecule has 3 atom stereocenters. The zero-order valence-corrected chi connectivity index (χ0v) is 27.4. The normalized spacial score (nSPS) is 15.6. The van der Waals surface area contributed by atoms with Crippen molar-refractivity contribution in [3.63, 3.8) is 0 Å². The molecule has 2 aromatic carbocycles. The van der Waals surface area contributed by atoms with Crippen LogP contribution in [-0.4, -0.2) is 81.3 Å². The van der Waals surface area contributed by atoms with Crippen molar-refractivity contribution >= 4 is 37.1 Å². The van der Waals surface area contributed by atoms with Gasteiger partial charge in [0.05, 0.1) is 34.1 Å². The summed E-state index contributed by atoms with van der Waals surface area (Å²) in [4.78, 5) is 17.8. The molecule has 2 heterocycles. The smallest absolute Gasteiger partial charge is 0.243 e. The van der Waals surface area contributed by atoms with Crippen LogP contribution >= 0.6 is 11.3 Å². The second-order valence-electron chi connectivity index (χ2n) is 11.3. The monoisotopic (exact) mass is 665 g/mol. The average molecular weight is 666 g/mol. The Balaban J connectivity index is 1.54. The van der Waals surface area contributed by atoms with E-state index >= 15 is 0 Å². The fourth-order valence-electron chi connectivity index (χ4n) is 4.87. The molecule has 1 amide bonds. The maximum Gasteiger partial charge on any atom is 0.243 e. The molecule has 4 rings (SSSR count). The highest BCUT2D eigenvalue weighted by Gasteiger charge is 2.33.